The van der Waals surface area contributed by atoms with Crippen LogP contribution in [-0.2, 0) is 4.79 Å². The van der Waals surface area contributed by atoms with E-state index in [0.29, 0.717) is 5.02 Å². The summed E-state index contributed by atoms with van der Waals surface area (Å²) in [6, 6.07) is 4.28. The highest BCUT2D eigenvalue weighted by Gasteiger charge is 2.36. The molecule has 7 heteroatoms. The zero-order chi connectivity index (χ0) is 14.2. The number of carbonyl (C=O) groups is 2. The van der Waals surface area contributed by atoms with Gasteiger partial charge in [-0.05, 0) is 24.6 Å². The Hall–Kier alpha value is -1.56. The van der Waals surface area contributed by atoms with Crippen molar-refractivity contribution in [3.05, 3.63) is 28.8 Å². The molecule has 0 bridgehead atoms. The van der Waals surface area contributed by atoms with Crippen LogP contribution in [-0.4, -0.2) is 24.4 Å². The zero-order valence-electron chi connectivity index (χ0n) is 9.63. The minimum Gasteiger partial charge on any atom is -0.305 e. The lowest BCUT2D eigenvalue weighted by Crippen LogP contribution is -2.31. The fraction of sp³-hybridized carbons (Fsp3) is 0.333. The van der Waals surface area contributed by atoms with Crippen molar-refractivity contribution >= 4 is 29.0 Å². The highest BCUT2D eigenvalue weighted by atomic mass is 35.5. The van der Waals surface area contributed by atoms with E-state index >= 15 is 0 Å². The first-order valence-corrected chi connectivity index (χ1v) is 5.90. The number of Topliss-reactive ketones (excluding diaryl/α,β-unsaturated/α-hetero) is 1. The zero-order valence-corrected chi connectivity index (χ0v) is 10.4. The minimum absolute atomic E-state index is 0.155. The minimum atomic E-state index is -4.27. The molecule has 0 radical (unpaired) electrons. The largest absolute Gasteiger partial charge is 0.389 e. The van der Waals surface area contributed by atoms with E-state index in [1.165, 1.54) is 18.2 Å². The second-order valence-corrected chi connectivity index (χ2v) is 4.60. The van der Waals surface area contributed by atoms with Gasteiger partial charge in [-0.2, -0.15) is 13.2 Å². The molecule has 0 aliphatic carbocycles. The van der Waals surface area contributed by atoms with Crippen LogP contribution in [0.2, 0.25) is 5.02 Å². The molecular weight excluding hydrogens is 283 g/mol. The van der Waals surface area contributed by atoms with Crippen LogP contribution in [0.1, 0.15) is 23.2 Å². The predicted molar refractivity (Wildman–Crippen MR) is 63.4 cm³/mol. The molecule has 1 aliphatic heterocycles. The first-order chi connectivity index (χ1) is 8.79. The molecule has 1 aromatic rings. The molecule has 2 rings (SSSR count). The Morgan fingerprint density at radius 1 is 1.21 bits per heavy atom. The summed E-state index contributed by atoms with van der Waals surface area (Å²) in [5, 5.41) is 0.321. The molecule has 1 aliphatic rings. The van der Waals surface area contributed by atoms with Gasteiger partial charge < -0.3 is 4.90 Å². The lowest BCUT2D eigenvalue weighted by Gasteiger charge is -2.17. The quantitative estimate of drug-likeness (QED) is 0.802. The van der Waals surface area contributed by atoms with E-state index in [0.717, 1.165) is 4.90 Å². The fourth-order valence-electron chi connectivity index (χ4n) is 1.93. The number of alkyl halides is 3. The van der Waals surface area contributed by atoms with Crippen molar-refractivity contribution in [2.24, 2.45) is 0 Å². The van der Waals surface area contributed by atoms with Gasteiger partial charge in [-0.3, -0.25) is 9.59 Å². The van der Waals surface area contributed by atoms with Crippen LogP contribution < -0.4 is 4.90 Å². The summed E-state index contributed by atoms with van der Waals surface area (Å²) in [7, 11) is 0. The van der Waals surface area contributed by atoms with Crippen LogP contribution in [0.5, 0.6) is 0 Å². The number of benzene rings is 1. The van der Waals surface area contributed by atoms with Crippen LogP contribution in [0.25, 0.3) is 0 Å². The van der Waals surface area contributed by atoms with Crippen LogP contribution >= 0.6 is 11.6 Å². The van der Waals surface area contributed by atoms with Gasteiger partial charge >= 0.3 is 6.18 Å². The molecule has 0 spiro atoms. The summed E-state index contributed by atoms with van der Waals surface area (Å²) in [6.07, 6.45) is -5.53. The second-order valence-electron chi connectivity index (χ2n) is 4.17. The van der Waals surface area contributed by atoms with E-state index in [2.05, 4.69) is 0 Å². The highest BCUT2D eigenvalue weighted by molar-refractivity contribution is 6.52. The van der Waals surface area contributed by atoms with Gasteiger partial charge in [-0.25, -0.2) is 0 Å². The molecule has 0 saturated carbocycles. The molecule has 1 aromatic carbocycles. The monoisotopic (exact) mass is 291 g/mol. The maximum absolute atomic E-state index is 12.1. The number of hydrogen-bond acceptors (Lipinski definition) is 2. The Balaban J connectivity index is 2.16. The molecule has 1 amide bonds. The standard InChI is InChI=1S/C12H9ClF3NO2/c13-7-2-3-8-9(6-7)17(11(19)10(8)18)5-1-4-12(14,15)16/h2-3,6H,1,4-5H2. The third-order valence-corrected chi connectivity index (χ3v) is 3.01. The number of nitrogens with zero attached hydrogens (tertiary/aromatic N) is 1. The molecule has 0 N–H and O–H groups in total. The van der Waals surface area contributed by atoms with E-state index in [9.17, 15) is 22.8 Å². The van der Waals surface area contributed by atoms with Crippen molar-refractivity contribution in [2.75, 3.05) is 11.4 Å². The van der Waals surface area contributed by atoms with E-state index in [1.807, 2.05) is 0 Å². The summed E-state index contributed by atoms with van der Waals surface area (Å²) in [4.78, 5) is 24.4. The Bertz CT molecular complexity index is 542. The number of ketones is 1. The lowest BCUT2D eigenvalue weighted by molar-refractivity contribution is -0.135. The van der Waals surface area contributed by atoms with Gasteiger partial charge in [0.25, 0.3) is 11.7 Å². The Morgan fingerprint density at radius 3 is 2.53 bits per heavy atom. The van der Waals surface area contributed by atoms with Crippen molar-refractivity contribution in [2.45, 2.75) is 19.0 Å². The molecule has 3 nitrogen and oxygen atoms in total. The summed E-state index contributed by atoms with van der Waals surface area (Å²) >= 11 is 5.76. The third kappa shape index (κ3) is 2.89. The van der Waals surface area contributed by atoms with Crippen LogP contribution in [0.4, 0.5) is 18.9 Å². The van der Waals surface area contributed by atoms with E-state index in [-0.39, 0.29) is 24.2 Å². The Morgan fingerprint density at radius 2 is 1.89 bits per heavy atom. The molecule has 1 heterocycles. The Kier molecular flexibility index (Phi) is 3.54. The van der Waals surface area contributed by atoms with Crippen LogP contribution in [0.15, 0.2) is 18.2 Å². The average Bonchev–Trinajstić information content (AvgIpc) is 2.52. The predicted octanol–water partition coefficient (Wildman–Crippen LogP) is 3.21. The smallest absolute Gasteiger partial charge is 0.305 e. The first-order valence-electron chi connectivity index (χ1n) is 5.52. The number of halogens is 4. The van der Waals surface area contributed by atoms with Gasteiger partial charge in [-0.15, -0.1) is 0 Å². The van der Waals surface area contributed by atoms with E-state index in [1.54, 1.807) is 0 Å². The van der Waals surface area contributed by atoms with Gasteiger partial charge in [0, 0.05) is 18.0 Å². The summed E-state index contributed by atoms with van der Waals surface area (Å²) in [5.74, 6) is -1.52. The van der Waals surface area contributed by atoms with Crippen molar-refractivity contribution in [3.63, 3.8) is 0 Å². The lowest BCUT2D eigenvalue weighted by atomic mass is 10.1. The SMILES string of the molecule is O=C1C(=O)N(CCCC(F)(F)F)c2cc(Cl)ccc21. The molecule has 0 aromatic heterocycles. The number of anilines is 1. The van der Waals surface area contributed by atoms with Gasteiger partial charge in [0.2, 0.25) is 0 Å². The van der Waals surface area contributed by atoms with Gasteiger partial charge in [-0.1, -0.05) is 11.6 Å². The number of fused-ring (bicyclic) bond motifs is 1. The van der Waals surface area contributed by atoms with Crippen molar-refractivity contribution in [3.8, 4) is 0 Å². The maximum Gasteiger partial charge on any atom is 0.389 e. The molecule has 0 atom stereocenters. The molecule has 102 valence electrons. The molecular formula is C12H9ClF3NO2. The number of rotatable bonds is 3. The molecule has 0 fully saturated rings. The first kappa shape index (κ1) is 13.9. The van der Waals surface area contributed by atoms with Crippen molar-refractivity contribution < 1.29 is 22.8 Å². The highest BCUT2D eigenvalue weighted by Crippen LogP contribution is 2.32. The average molecular weight is 292 g/mol. The summed E-state index contributed by atoms with van der Waals surface area (Å²) in [5.41, 5.74) is 0.464. The normalized spacial score (nSPS) is 15.1. The molecule has 0 saturated heterocycles. The van der Waals surface area contributed by atoms with Crippen molar-refractivity contribution in [1.82, 2.24) is 0 Å². The second kappa shape index (κ2) is 4.85. The third-order valence-electron chi connectivity index (χ3n) is 2.78. The molecule has 19 heavy (non-hydrogen) atoms. The van der Waals surface area contributed by atoms with Crippen LogP contribution in [0.3, 0.4) is 0 Å². The van der Waals surface area contributed by atoms with Gasteiger partial charge in [0.15, 0.2) is 0 Å². The summed E-state index contributed by atoms with van der Waals surface area (Å²) < 4.78 is 36.2. The van der Waals surface area contributed by atoms with Crippen LogP contribution in [0, 0.1) is 0 Å². The number of carbonyl (C=O) groups excluding carboxylic acids is 2. The van der Waals surface area contributed by atoms with Gasteiger partial charge in [0.1, 0.15) is 0 Å². The number of amides is 1. The maximum atomic E-state index is 12.1. The molecule has 0 unspecified atom stereocenters. The van der Waals surface area contributed by atoms with E-state index < -0.39 is 24.3 Å². The fourth-order valence-corrected chi connectivity index (χ4v) is 2.09. The summed E-state index contributed by atoms with van der Waals surface area (Å²) in [6.45, 7) is -0.155. The topological polar surface area (TPSA) is 37.4 Å². The van der Waals surface area contributed by atoms with Gasteiger partial charge in [0.05, 0.1) is 11.3 Å². The number of hydrogen-bond donors (Lipinski definition) is 0. The Labute approximate surface area is 111 Å². The van der Waals surface area contributed by atoms with E-state index in [4.69, 9.17) is 11.6 Å². The van der Waals surface area contributed by atoms with Crippen molar-refractivity contribution in [1.29, 1.82) is 0 Å².